The maximum absolute atomic E-state index is 12.6. The summed E-state index contributed by atoms with van der Waals surface area (Å²) in [6.45, 7) is 7.24. The number of ether oxygens (including phenoxy) is 1. The summed E-state index contributed by atoms with van der Waals surface area (Å²) in [4.78, 5) is 26.3. The monoisotopic (exact) mass is 310 g/mol. The molecule has 3 atom stereocenters. The summed E-state index contributed by atoms with van der Waals surface area (Å²) in [5, 5.41) is 3.17. The van der Waals surface area contributed by atoms with E-state index in [2.05, 4.69) is 12.2 Å². The van der Waals surface area contributed by atoms with Crippen molar-refractivity contribution in [1.82, 2.24) is 10.2 Å². The van der Waals surface area contributed by atoms with Gasteiger partial charge in [0.2, 0.25) is 5.91 Å². The second-order valence-corrected chi connectivity index (χ2v) is 7.20. The first-order valence-corrected chi connectivity index (χ1v) is 8.72. The molecule has 0 aromatic carbocycles. The third-order valence-electron chi connectivity index (χ3n) is 4.77. The van der Waals surface area contributed by atoms with E-state index in [1.165, 1.54) is 19.3 Å². The van der Waals surface area contributed by atoms with Gasteiger partial charge in [-0.15, -0.1) is 0 Å². The van der Waals surface area contributed by atoms with Gasteiger partial charge in [0.15, 0.2) is 0 Å². The van der Waals surface area contributed by atoms with Crippen molar-refractivity contribution < 1.29 is 14.3 Å². The topological polar surface area (TPSA) is 58.6 Å². The zero-order valence-corrected chi connectivity index (χ0v) is 14.1. The summed E-state index contributed by atoms with van der Waals surface area (Å²) in [7, 11) is 0. The van der Waals surface area contributed by atoms with Gasteiger partial charge >= 0.3 is 6.09 Å². The van der Waals surface area contributed by atoms with E-state index in [0.29, 0.717) is 25.0 Å². The maximum Gasteiger partial charge on any atom is 0.410 e. The van der Waals surface area contributed by atoms with Crippen molar-refractivity contribution in [3.8, 4) is 0 Å². The van der Waals surface area contributed by atoms with Crippen LogP contribution in [-0.2, 0) is 9.53 Å². The van der Waals surface area contributed by atoms with Gasteiger partial charge in [-0.05, 0) is 37.5 Å². The number of nitrogens with zero attached hydrogens (tertiary/aromatic N) is 1. The van der Waals surface area contributed by atoms with E-state index in [-0.39, 0.29) is 24.1 Å². The molecule has 2 fully saturated rings. The molecule has 1 saturated heterocycles. The number of hydrogen-bond acceptors (Lipinski definition) is 3. The quantitative estimate of drug-likeness (QED) is 0.868. The molecule has 1 saturated carbocycles. The van der Waals surface area contributed by atoms with Crippen LogP contribution in [-0.4, -0.2) is 42.1 Å². The second kappa shape index (κ2) is 7.84. The Kier molecular flexibility index (Phi) is 6.09. The van der Waals surface area contributed by atoms with Crippen molar-refractivity contribution in [2.24, 2.45) is 11.8 Å². The molecule has 0 aromatic rings. The van der Waals surface area contributed by atoms with Gasteiger partial charge < -0.3 is 10.1 Å². The highest BCUT2D eigenvalue weighted by molar-refractivity contribution is 5.86. The van der Waals surface area contributed by atoms with Gasteiger partial charge in [0.05, 0.1) is 6.61 Å². The van der Waals surface area contributed by atoms with Crippen LogP contribution in [0.25, 0.3) is 0 Å². The normalized spacial score (nSPS) is 28.7. The van der Waals surface area contributed by atoms with Crippen LogP contribution in [0.2, 0.25) is 0 Å². The molecule has 0 spiro atoms. The van der Waals surface area contributed by atoms with E-state index in [9.17, 15) is 9.59 Å². The van der Waals surface area contributed by atoms with Gasteiger partial charge in [0.25, 0.3) is 0 Å². The van der Waals surface area contributed by atoms with Crippen LogP contribution in [0.3, 0.4) is 0 Å². The highest BCUT2D eigenvalue weighted by atomic mass is 16.6. The Morgan fingerprint density at radius 1 is 1.18 bits per heavy atom. The fraction of sp³-hybridized carbons (Fsp3) is 0.882. The molecule has 1 aliphatic carbocycles. The van der Waals surface area contributed by atoms with Gasteiger partial charge in [0.1, 0.15) is 6.04 Å². The second-order valence-electron chi connectivity index (χ2n) is 7.20. The van der Waals surface area contributed by atoms with E-state index in [1.54, 1.807) is 4.90 Å². The molecule has 0 aromatic heterocycles. The van der Waals surface area contributed by atoms with Gasteiger partial charge in [0, 0.05) is 12.6 Å². The first kappa shape index (κ1) is 17.1. The van der Waals surface area contributed by atoms with Crippen LogP contribution in [0, 0.1) is 11.8 Å². The number of carbonyl (C=O) groups excluding carboxylic acids is 2. The Morgan fingerprint density at radius 3 is 2.59 bits per heavy atom. The van der Waals surface area contributed by atoms with Crippen LogP contribution in [0.1, 0.15) is 59.3 Å². The molecule has 0 radical (unpaired) electrons. The highest BCUT2D eigenvalue weighted by Gasteiger charge is 2.36. The fourth-order valence-electron chi connectivity index (χ4n) is 3.39. The average molecular weight is 310 g/mol. The molecule has 22 heavy (non-hydrogen) atoms. The van der Waals surface area contributed by atoms with Crippen molar-refractivity contribution in [2.75, 3.05) is 13.2 Å². The SMILES string of the molecule is CC(C)COC(=O)N1CCC[C@@H]1C(=O)N[C@H]1CCCC[C@@H]1C. The van der Waals surface area contributed by atoms with Gasteiger partial charge in [-0.25, -0.2) is 4.79 Å². The number of nitrogens with one attached hydrogen (secondary N) is 1. The Bertz CT molecular complexity index is 397. The number of likely N-dealkylation sites (tertiary alicyclic amines) is 1. The molecule has 0 bridgehead atoms. The van der Waals surface area contributed by atoms with Crippen LogP contribution in [0.15, 0.2) is 0 Å². The first-order chi connectivity index (χ1) is 10.5. The van der Waals surface area contributed by atoms with E-state index in [1.807, 2.05) is 13.8 Å². The van der Waals surface area contributed by atoms with E-state index >= 15 is 0 Å². The first-order valence-electron chi connectivity index (χ1n) is 8.72. The van der Waals surface area contributed by atoms with Gasteiger partial charge in [-0.2, -0.15) is 0 Å². The minimum absolute atomic E-state index is 0.00209. The zero-order valence-electron chi connectivity index (χ0n) is 14.1. The smallest absolute Gasteiger partial charge is 0.410 e. The maximum atomic E-state index is 12.6. The third-order valence-corrected chi connectivity index (χ3v) is 4.77. The number of amides is 2. The minimum atomic E-state index is -0.353. The van der Waals surface area contributed by atoms with Crippen molar-refractivity contribution in [2.45, 2.75) is 71.4 Å². The molecule has 0 unspecified atom stereocenters. The Balaban J connectivity index is 1.88. The minimum Gasteiger partial charge on any atom is -0.449 e. The fourth-order valence-corrected chi connectivity index (χ4v) is 3.39. The molecule has 2 aliphatic rings. The summed E-state index contributed by atoms with van der Waals surface area (Å²) < 4.78 is 5.29. The summed E-state index contributed by atoms with van der Waals surface area (Å²) in [5.41, 5.74) is 0. The molecular weight excluding hydrogens is 280 g/mol. The predicted molar refractivity (Wildman–Crippen MR) is 85.5 cm³/mol. The summed E-state index contributed by atoms with van der Waals surface area (Å²) in [6, 6.07) is -0.0934. The predicted octanol–water partition coefficient (Wildman–Crippen LogP) is 2.94. The number of rotatable bonds is 4. The van der Waals surface area contributed by atoms with E-state index in [0.717, 1.165) is 19.3 Å². The van der Waals surface area contributed by atoms with Crippen LogP contribution >= 0.6 is 0 Å². The average Bonchev–Trinajstić information content (AvgIpc) is 2.96. The van der Waals surface area contributed by atoms with Crippen molar-refractivity contribution >= 4 is 12.0 Å². The molecule has 2 amide bonds. The van der Waals surface area contributed by atoms with Gasteiger partial charge in [-0.3, -0.25) is 9.69 Å². The number of carbonyl (C=O) groups is 2. The third kappa shape index (κ3) is 4.37. The summed E-state index contributed by atoms with van der Waals surface area (Å²) >= 11 is 0. The standard InChI is InChI=1S/C17H30N2O3/c1-12(2)11-22-17(21)19-10-6-9-15(19)16(20)18-14-8-5-4-7-13(14)3/h12-15H,4-11H2,1-3H3,(H,18,20)/t13-,14-,15+/m0/s1. The van der Waals surface area contributed by atoms with Crippen molar-refractivity contribution in [3.63, 3.8) is 0 Å². The summed E-state index contributed by atoms with van der Waals surface area (Å²) in [5.74, 6) is 0.833. The zero-order chi connectivity index (χ0) is 16.1. The van der Waals surface area contributed by atoms with Crippen LogP contribution in [0.4, 0.5) is 4.79 Å². The van der Waals surface area contributed by atoms with Gasteiger partial charge in [-0.1, -0.05) is 33.6 Å². The molecule has 1 heterocycles. The van der Waals surface area contributed by atoms with Crippen LogP contribution < -0.4 is 5.32 Å². The lowest BCUT2D eigenvalue weighted by molar-refractivity contribution is -0.126. The number of hydrogen-bond donors (Lipinski definition) is 1. The molecule has 1 N–H and O–H groups in total. The lowest BCUT2D eigenvalue weighted by Gasteiger charge is -2.32. The lowest BCUT2D eigenvalue weighted by atomic mass is 9.86. The van der Waals surface area contributed by atoms with Crippen molar-refractivity contribution in [3.05, 3.63) is 0 Å². The molecule has 2 rings (SSSR count). The molecule has 1 aliphatic heterocycles. The molecule has 5 heteroatoms. The Hall–Kier alpha value is -1.26. The van der Waals surface area contributed by atoms with E-state index < -0.39 is 0 Å². The Labute approximate surface area is 133 Å². The highest BCUT2D eigenvalue weighted by Crippen LogP contribution is 2.25. The largest absolute Gasteiger partial charge is 0.449 e. The lowest BCUT2D eigenvalue weighted by Crippen LogP contribution is -2.51. The molecule has 126 valence electrons. The molecule has 5 nitrogen and oxygen atoms in total. The summed E-state index contributed by atoms with van der Waals surface area (Å²) in [6.07, 6.45) is 5.93. The van der Waals surface area contributed by atoms with E-state index in [4.69, 9.17) is 4.74 Å². The van der Waals surface area contributed by atoms with Crippen LogP contribution in [0.5, 0.6) is 0 Å². The van der Waals surface area contributed by atoms with Crippen molar-refractivity contribution in [1.29, 1.82) is 0 Å². The molecular formula is C17H30N2O3. The Morgan fingerprint density at radius 2 is 1.91 bits per heavy atom.